The van der Waals surface area contributed by atoms with Gasteiger partial charge < -0.3 is 4.90 Å². The number of aryl methyl sites for hydroxylation is 3. The smallest absolute Gasteiger partial charge is 0.299 e. The summed E-state index contributed by atoms with van der Waals surface area (Å²) in [6.45, 7) is 9.47. The standard InChI is InChI=1S/C17H23N5O/c1-6-8-17(23)21(10-15-9-18-22(7-2)11-15)12-16-13(3)19-20(5)14(16)4/h9,11H,7,10,12H2,1-5H3. The molecule has 0 saturated heterocycles. The molecule has 2 heterocycles. The number of hydrogen-bond donors (Lipinski definition) is 0. The largest absolute Gasteiger partial charge is 0.323 e. The van der Waals surface area contributed by atoms with Crippen LogP contribution in [0.15, 0.2) is 12.4 Å². The summed E-state index contributed by atoms with van der Waals surface area (Å²) in [6, 6.07) is 0. The van der Waals surface area contributed by atoms with Crippen LogP contribution in [0.1, 0.15) is 36.4 Å². The van der Waals surface area contributed by atoms with Crippen LogP contribution in [-0.4, -0.2) is 30.4 Å². The van der Waals surface area contributed by atoms with Gasteiger partial charge in [0.2, 0.25) is 0 Å². The third-order valence-electron chi connectivity index (χ3n) is 3.91. The summed E-state index contributed by atoms with van der Waals surface area (Å²) in [4.78, 5) is 14.1. The van der Waals surface area contributed by atoms with Crippen LogP contribution in [0.2, 0.25) is 0 Å². The van der Waals surface area contributed by atoms with Crippen molar-refractivity contribution in [2.24, 2.45) is 7.05 Å². The zero-order chi connectivity index (χ0) is 17.0. The van der Waals surface area contributed by atoms with Gasteiger partial charge in [0, 0.05) is 36.6 Å². The lowest BCUT2D eigenvalue weighted by molar-refractivity contribution is -0.126. The Morgan fingerprint density at radius 1 is 1.35 bits per heavy atom. The molecular formula is C17H23N5O. The van der Waals surface area contributed by atoms with Crippen LogP contribution in [0.5, 0.6) is 0 Å². The normalized spacial score (nSPS) is 10.3. The molecule has 2 aromatic heterocycles. The zero-order valence-corrected chi connectivity index (χ0v) is 14.4. The molecule has 0 atom stereocenters. The zero-order valence-electron chi connectivity index (χ0n) is 14.4. The molecule has 0 N–H and O–H groups in total. The minimum Gasteiger partial charge on any atom is -0.323 e. The lowest BCUT2D eigenvalue weighted by Crippen LogP contribution is -2.29. The van der Waals surface area contributed by atoms with Gasteiger partial charge in [-0.1, -0.05) is 5.92 Å². The van der Waals surface area contributed by atoms with Crippen LogP contribution in [0.3, 0.4) is 0 Å². The fourth-order valence-corrected chi connectivity index (χ4v) is 2.50. The first-order valence-electron chi connectivity index (χ1n) is 7.68. The summed E-state index contributed by atoms with van der Waals surface area (Å²) in [5.41, 5.74) is 4.07. The molecular weight excluding hydrogens is 290 g/mol. The number of nitrogens with zero attached hydrogens (tertiary/aromatic N) is 5. The molecule has 6 heteroatoms. The summed E-state index contributed by atoms with van der Waals surface area (Å²) < 4.78 is 3.69. The van der Waals surface area contributed by atoms with Crippen LogP contribution in [-0.2, 0) is 31.5 Å². The third-order valence-corrected chi connectivity index (χ3v) is 3.91. The van der Waals surface area contributed by atoms with Crippen molar-refractivity contribution in [2.75, 3.05) is 0 Å². The van der Waals surface area contributed by atoms with Crippen LogP contribution in [0.4, 0.5) is 0 Å². The number of carbonyl (C=O) groups excluding carboxylic acids is 1. The Bertz CT molecular complexity index is 760. The number of rotatable bonds is 5. The van der Waals surface area contributed by atoms with Crippen molar-refractivity contribution >= 4 is 5.91 Å². The fourth-order valence-electron chi connectivity index (χ4n) is 2.50. The minimum absolute atomic E-state index is 0.181. The lowest BCUT2D eigenvalue weighted by Gasteiger charge is -2.20. The summed E-state index contributed by atoms with van der Waals surface area (Å²) in [7, 11) is 1.91. The van der Waals surface area contributed by atoms with E-state index >= 15 is 0 Å². The molecule has 0 bridgehead atoms. The SMILES string of the molecule is CC#CC(=O)N(Cc1cnn(CC)c1)Cc1c(C)nn(C)c1C. The van der Waals surface area contributed by atoms with E-state index in [1.807, 2.05) is 43.4 Å². The highest BCUT2D eigenvalue weighted by Gasteiger charge is 2.18. The van der Waals surface area contributed by atoms with Gasteiger partial charge in [-0.05, 0) is 33.6 Å². The Kier molecular flexibility index (Phi) is 5.22. The average Bonchev–Trinajstić information content (AvgIpc) is 3.06. The van der Waals surface area contributed by atoms with Crippen molar-refractivity contribution in [3.05, 3.63) is 34.9 Å². The van der Waals surface area contributed by atoms with Crippen LogP contribution >= 0.6 is 0 Å². The van der Waals surface area contributed by atoms with Crippen molar-refractivity contribution in [2.45, 2.75) is 47.3 Å². The molecule has 0 spiro atoms. The number of amides is 1. The summed E-state index contributed by atoms with van der Waals surface area (Å²) >= 11 is 0. The molecule has 122 valence electrons. The van der Waals surface area contributed by atoms with Crippen molar-refractivity contribution in [3.63, 3.8) is 0 Å². The van der Waals surface area contributed by atoms with Gasteiger partial charge in [0.15, 0.2) is 0 Å². The van der Waals surface area contributed by atoms with Crippen molar-refractivity contribution in [1.82, 2.24) is 24.5 Å². The Morgan fingerprint density at radius 3 is 2.61 bits per heavy atom. The number of carbonyl (C=O) groups is 1. The molecule has 0 aromatic carbocycles. The van der Waals surface area contributed by atoms with E-state index in [1.165, 1.54) is 0 Å². The Hall–Kier alpha value is -2.55. The molecule has 0 aliphatic carbocycles. The minimum atomic E-state index is -0.181. The highest BCUT2D eigenvalue weighted by atomic mass is 16.2. The van der Waals surface area contributed by atoms with E-state index in [-0.39, 0.29) is 5.91 Å². The summed E-state index contributed by atoms with van der Waals surface area (Å²) in [5.74, 6) is 5.14. The molecule has 0 aliphatic heterocycles. The third kappa shape index (κ3) is 3.81. The van der Waals surface area contributed by atoms with Gasteiger partial charge in [0.1, 0.15) is 0 Å². The summed E-state index contributed by atoms with van der Waals surface area (Å²) in [5, 5.41) is 8.69. The average molecular weight is 313 g/mol. The van der Waals surface area contributed by atoms with Gasteiger partial charge >= 0.3 is 0 Å². The van der Waals surface area contributed by atoms with Gasteiger partial charge in [-0.25, -0.2) is 0 Å². The maximum atomic E-state index is 12.4. The van der Waals surface area contributed by atoms with E-state index in [2.05, 4.69) is 22.0 Å². The number of hydrogen-bond acceptors (Lipinski definition) is 3. The van der Waals surface area contributed by atoms with Gasteiger partial charge in [-0.2, -0.15) is 10.2 Å². The first-order chi connectivity index (χ1) is 11.0. The molecule has 0 radical (unpaired) electrons. The molecule has 6 nitrogen and oxygen atoms in total. The van der Waals surface area contributed by atoms with E-state index in [1.54, 1.807) is 18.0 Å². The maximum Gasteiger partial charge on any atom is 0.299 e. The maximum absolute atomic E-state index is 12.4. The van der Waals surface area contributed by atoms with E-state index in [4.69, 9.17) is 0 Å². The Morgan fingerprint density at radius 2 is 2.09 bits per heavy atom. The van der Waals surface area contributed by atoms with Crippen molar-refractivity contribution in [1.29, 1.82) is 0 Å². The summed E-state index contributed by atoms with van der Waals surface area (Å²) in [6.07, 6.45) is 3.76. The van der Waals surface area contributed by atoms with Gasteiger partial charge in [-0.3, -0.25) is 14.2 Å². The monoisotopic (exact) mass is 313 g/mol. The quantitative estimate of drug-likeness (QED) is 0.791. The molecule has 2 rings (SSSR count). The van der Waals surface area contributed by atoms with Crippen molar-refractivity contribution in [3.8, 4) is 11.8 Å². The first kappa shape index (κ1) is 16.8. The highest BCUT2D eigenvalue weighted by molar-refractivity contribution is 5.93. The van der Waals surface area contributed by atoms with E-state index in [0.717, 1.165) is 29.1 Å². The topological polar surface area (TPSA) is 56.0 Å². The van der Waals surface area contributed by atoms with E-state index in [9.17, 15) is 4.79 Å². The second-order valence-corrected chi connectivity index (χ2v) is 5.51. The predicted octanol–water partition coefficient (Wildman–Crippen LogP) is 1.81. The Labute approximate surface area is 137 Å². The fraction of sp³-hybridized carbons (Fsp3) is 0.471. The second-order valence-electron chi connectivity index (χ2n) is 5.51. The molecule has 0 fully saturated rings. The first-order valence-corrected chi connectivity index (χ1v) is 7.68. The number of aromatic nitrogens is 4. The highest BCUT2D eigenvalue weighted by Crippen LogP contribution is 2.16. The lowest BCUT2D eigenvalue weighted by atomic mass is 10.1. The second kappa shape index (κ2) is 7.14. The van der Waals surface area contributed by atoms with Gasteiger partial charge in [-0.15, -0.1) is 0 Å². The van der Waals surface area contributed by atoms with Crippen LogP contribution in [0.25, 0.3) is 0 Å². The van der Waals surface area contributed by atoms with Crippen molar-refractivity contribution < 1.29 is 4.79 Å². The molecule has 1 amide bonds. The van der Waals surface area contributed by atoms with Crippen LogP contribution < -0.4 is 0 Å². The molecule has 0 aliphatic rings. The van der Waals surface area contributed by atoms with Gasteiger partial charge in [0.25, 0.3) is 5.91 Å². The van der Waals surface area contributed by atoms with E-state index < -0.39 is 0 Å². The van der Waals surface area contributed by atoms with Gasteiger partial charge in [0.05, 0.1) is 25.0 Å². The predicted molar refractivity (Wildman–Crippen MR) is 88.3 cm³/mol. The Balaban J connectivity index is 2.26. The molecule has 0 unspecified atom stereocenters. The van der Waals surface area contributed by atoms with Crippen LogP contribution in [0, 0.1) is 25.7 Å². The molecule has 0 saturated carbocycles. The molecule has 2 aromatic rings. The van der Waals surface area contributed by atoms with E-state index in [0.29, 0.717) is 13.1 Å². The molecule has 23 heavy (non-hydrogen) atoms.